The first-order chi connectivity index (χ1) is 16.0. The minimum absolute atomic E-state index is 0.0214. The Bertz CT molecular complexity index is 1060. The number of amides is 1. The van der Waals surface area contributed by atoms with E-state index in [-0.39, 0.29) is 17.5 Å². The Morgan fingerprint density at radius 1 is 1.09 bits per heavy atom. The van der Waals surface area contributed by atoms with Crippen LogP contribution in [0.25, 0.3) is 12.5 Å². The Labute approximate surface area is 198 Å². The zero-order valence-electron chi connectivity index (χ0n) is 18.9. The fraction of sp³-hybridized carbons (Fsp3) is 0.615. The fourth-order valence-corrected chi connectivity index (χ4v) is 8.57. The van der Waals surface area contributed by atoms with Gasteiger partial charge in [-0.2, -0.15) is 0 Å². The van der Waals surface area contributed by atoms with Gasteiger partial charge in [0.1, 0.15) is 0 Å². The molecule has 4 bridgehead atoms. The third kappa shape index (κ3) is 4.13. The normalized spacial score (nSPS) is 37.3. The van der Waals surface area contributed by atoms with Crippen molar-refractivity contribution in [3.05, 3.63) is 28.6 Å². The first kappa shape index (κ1) is 21.4. The molecular formula is C26H33N3O3S. The second-order valence-electron chi connectivity index (χ2n) is 11.0. The van der Waals surface area contributed by atoms with E-state index in [1.165, 1.54) is 56.5 Å². The van der Waals surface area contributed by atoms with Gasteiger partial charge in [0.05, 0.1) is 18.1 Å². The fourth-order valence-electron chi connectivity index (χ4n) is 7.25. The average molecular weight is 468 g/mol. The maximum atomic E-state index is 12.9. The van der Waals surface area contributed by atoms with Crippen molar-refractivity contribution < 1.29 is 15.0 Å². The summed E-state index contributed by atoms with van der Waals surface area (Å²) in [6.07, 6.45) is 12.8. The maximum Gasteiger partial charge on any atom is 0.226 e. The van der Waals surface area contributed by atoms with Crippen molar-refractivity contribution in [1.29, 1.82) is 0 Å². The highest BCUT2D eigenvalue weighted by Gasteiger charge is 2.52. The molecule has 1 aromatic rings. The van der Waals surface area contributed by atoms with Crippen LogP contribution < -0.4 is 15.8 Å². The predicted octanol–water partition coefficient (Wildman–Crippen LogP) is 3.51. The molecule has 1 amide bonds. The standard InChI is InChI=1S/C26H33N3O3S/c30-13-19-1-2-21(8-20(19)14-31)27-24(32)9-23-15-33-25(29(23)22-3-4-22)28-26-10-16-5-17(11-26)7-18(6-16)12-26/h1-2,8,13-14,16-18,22-23,30-31H,3-7,9-12,15H2,(H,27,32). The Kier molecular flexibility index (Phi) is 5.35. The molecule has 33 heavy (non-hydrogen) atoms. The maximum absolute atomic E-state index is 12.9. The van der Waals surface area contributed by atoms with Crippen LogP contribution in [-0.4, -0.2) is 49.6 Å². The third-order valence-electron chi connectivity index (χ3n) is 8.37. The molecule has 6 fully saturated rings. The van der Waals surface area contributed by atoms with E-state index >= 15 is 0 Å². The monoisotopic (exact) mass is 467 g/mol. The van der Waals surface area contributed by atoms with Gasteiger partial charge in [0.25, 0.3) is 0 Å². The predicted molar refractivity (Wildman–Crippen MR) is 133 cm³/mol. The number of carbonyl (C=O) groups is 1. The Morgan fingerprint density at radius 2 is 1.76 bits per heavy atom. The smallest absolute Gasteiger partial charge is 0.226 e. The van der Waals surface area contributed by atoms with Gasteiger partial charge < -0.3 is 20.4 Å². The SMILES string of the molecule is O=C(CC1CSC(=NC23CC4CC(CC(C4)C2)C3)N1C1CC1)Nc1ccc(=CO)c(=CO)c1. The molecule has 176 valence electrons. The lowest BCUT2D eigenvalue weighted by Gasteiger charge is -2.55. The number of hydrogen-bond acceptors (Lipinski definition) is 5. The summed E-state index contributed by atoms with van der Waals surface area (Å²) < 4.78 is 0. The Balaban J connectivity index is 1.17. The number of anilines is 1. The Morgan fingerprint density at radius 3 is 2.36 bits per heavy atom. The number of thioether (sulfide) groups is 1. The highest BCUT2D eigenvalue weighted by Crippen LogP contribution is 2.57. The minimum Gasteiger partial charge on any atom is -0.515 e. The molecule has 7 rings (SSSR count). The van der Waals surface area contributed by atoms with Gasteiger partial charge in [0, 0.05) is 40.4 Å². The summed E-state index contributed by atoms with van der Waals surface area (Å²) >= 11 is 1.86. The molecule has 0 spiro atoms. The number of carbonyl (C=O) groups excluding carboxylic acids is 1. The van der Waals surface area contributed by atoms with Crippen molar-refractivity contribution in [2.24, 2.45) is 22.7 Å². The lowest BCUT2D eigenvalue weighted by Crippen LogP contribution is -2.50. The van der Waals surface area contributed by atoms with Gasteiger partial charge in [-0.25, -0.2) is 0 Å². The van der Waals surface area contributed by atoms with Crippen LogP contribution in [0.1, 0.15) is 57.8 Å². The van der Waals surface area contributed by atoms with Crippen molar-refractivity contribution in [2.75, 3.05) is 11.1 Å². The van der Waals surface area contributed by atoms with Crippen LogP contribution in [0.2, 0.25) is 0 Å². The van der Waals surface area contributed by atoms with E-state index in [2.05, 4.69) is 10.2 Å². The Hall–Kier alpha value is -2.15. The molecule has 3 N–H and O–H groups in total. The van der Waals surface area contributed by atoms with E-state index in [0.29, 0.717) is 28.6 Å². The van der Waals surface area contributed by atoms with Crippen LogP contribution in [-0.2, 0) is 4.79 Å². The zero-order valence-corrected chi connectivity index (χ0v) is 19.8. The van der Waals surface area contributed by atoms with Crippen molar-refractivity contribution in [3.63, 3.8) is 0 Å². The van der Waals surface area contributed by atoms with Gasteiger partial charge in [-0.05, 0) is 87.3 Å². The highest BCUT2D eigenvalue weighted by atomic mass is 32.2. The molecule has 5 aliphatic carbocycles. The van der Waals surface area contributed by atoms with Gasteiger partial charge in [-0.3, -0.25) is 9.79 Å². The summed E-state index contributed by atoms with van der Waals surface area (Å²) in [7, 11) is 0. The molecule has 1 aliphatic heterocycles. The van der Waals surface area contributed by atoms with E-state index in [0.717, 1.165) is 36.0 Å². The van der Waals surface area contributed by atoms with Crippen LogP contribution in [0, 0.1) is 17.8 Å². The molecule has 6 aliphatic rings. The van der Waals surface area contributed by atoms with Crippen molar-refractivity contribution >= 4 is 41.0 Å². The van der Waals surface area contributed by atoms with Crippen LogP contribution >= 0.6 is 11.8 Å². The highest BCUT2D eigenvalue weighted by molar-refractivity contribution is 8.14. The van der Waals surface area contributed by atoms with Crippen molar-refractivity contribution in [2.45, 2.75) is 75.4 Å². The van der Waals surface area contributed by atoms with Crippen molar-refractivity contribution in [3.8, 4) is 0 Å². The van der Waals surface area contributed by atoms with Crippen LogP contribution in [0.5, 0.6) is 0 Å². The molecule has 7 heteroatoms. The van der Waals surface area contributed by atoms with Gasteiger partial charge in [-0.15, -0.1) is 0 Å². The molecule has 0 radical (unpaired) electrons. The van der Waals surface area contributed by atoms with E-state index in [9.17, 15) is 15.0 Å². The van der Waals surface area contributed by atoms with Crippen LogP contribution in [0.4, 0.5) is 5.69 Å². The molecule has 1 saturated heterocycles. The largest absolute Gasteiger partial charge is 0.515 e. The molecule has 1 unspecified atom stereocenters. The van der Waals surface area contributed by atoms with Gasteiger partial charge in [-0.1, -0.05) is 11.8 Å². The summed E-state index contributed by atoms with van der Waals surface area (Å²) in [5.41, 5.74) is 0.793. The quantitative estimate of drug-likeness (QED) is 0.617. The first-order valence-electron chi connectivity index (χ1n) is 12.4. The lowest BCUT2D eigenvalue weighted by atomic mass is 9.53. The van der Waals surface area contributed by atoms with E-state index in [4.69, 9.17) is 4.99 Å². The molecule has 1 heterocycles. The molecular weight excluding hydrogens is 434 g/mol. The number of hydrogen-bond donors (Lipinski definition) is 3. The summed E-state index contributed by atoms with van der Waals surface area (Å²) in [5.74, 6) is 3.56. The van der Waals surface area contributed by atoms with E-state index in [1.54, 1.807) is 18.2 Å². The second kappa shape index (κ2) is 8.26. The third-order valence-corrected chi connectivity index (χ3v) is 9.48. The van der Waals surface area contributed by atoms with Gasteiger partial charge >= 0.3 is 0 Å². The minimum atomic E-state index is -0.0214. The van der Waals surface area contributed by atoms with E-state index in [1.807, 2.05) is 11.8 Å². The number of aliphatic imine (C=N–C) groups is 1. The summed E-state index contributed by atoms with van der Waals surface area (Å²) in [6, 6.07) is 5.82. The topological polar surface area (TPSA) is 85.2 Å². The van der Waals surface area contributed by atoms with Crippen LogP contribution in [0.15, 0.2) is 23.2 Å². The second-order valence-corrected chi connectivity index (χ2v) is 12.0. The number of amidine groups is 1. The summed E-state index contributed by atoms with van der Waals surface area (Å²) in [4.78, 5) is 20.9. The van der Waals surface area contributed by atoms with Gasteiger partial charge in [0.2, 0.25) is 5.91 Å². The number of aliphatic hydroxyl groups is 2. The summed E-state index contributed by atoms with van der Waals surface area (Å²) in [6.45, 7) is 0. The van der Waals surface area contributed by atoms with Crippen LogP contribution in [0.3, 0.4) is 0 Å². The molecule has 0 aromatic heterocycles. The molecule has 6 nitrogen and oxygen atoms in total. The average Bonchev–Trinajstić information content (AvgIpc) is 3.54. The number of rotatable bonds is 5. The number of aliphatic hydroxyl groups excluding tert-OH is 2. The number of nitrogens with zero attached hydrogens (tertiary/aromatic N) is 2. The number of nitrogens with one attached hydrogen (secondary N) is 1. The molecule has 1 atom stereocenters. The lowest BCUT2D eigenvalue weighted by molar-refractivity contribution is -0.116. The molecule has 1 aromatic carbocycles. The van der Waals surface area contributed by atoms with Gasteiger partial charge in [0.15, 0.2) is 5.17 Å². The molecule has 5 saturated carbocycles. The first-order valence-corrected chi connectivity index (χ1v) is 13.4. The number of benzene rings is 1. The van der Waals surface area contributed by atoms with Crippen molar-refractivity contribution in [1.82, 2.24) is 4.90 Å². The van der Waals surface area contributed by atoms with E-state index < -0.39 is 0 Å². The summed E-state index contributed by atoms with van der Waals surface area (Å²) in [5, 5.41) is 23.8. The zero-order chi connectivity index (χ0) is 22.6.